The van der Waals surface area contributed by atoms with Gasteiger partial charge in [0.2, 0.25) is 0 Å². The van der Waals surface area contributed by atoms with E-state index in [1.54, 1.807) is 7.11 Å². The molecule has 0 radical (unpaired) electrons. The van der Waals surface area contributed by atoms with E-state index in [-0.39, 0.29) is 24.0 Å². The summed E-state index contributed by atoms with van der Waals surface area (Å²) in [7, 11) is 3.52. The van der Waals surface area contributed by atoms with Gasteiger partial charge in [0.15, 0.2) is 5.96 Å². The molecule has 0 bridgehead atoms. The Labute approximate surface area is 186 Å². The van der Waals surface area contributed by atoms with Crippen LogP contribution in [0.15, 0.2) is 46.4 Å². The summed E-state index contributed by atoms with van der Waals surface area (Å²) < 4.78 is 8.46. The summed E-state index contributed by atoms with van der Waals surface area (Å²) in [5, 5.41) is 3.49. The Bertz CT molecular complexity index is 753. The van der Waals surface area contributed by atoms with Crippen LogP contribution in [0.5, 0.6) is 5.75 Å². The molecule has 2 heterocycles. The molecule has 2 atom stereocenters. The zero-order valence-electron chi connectivity index (χ0n) is 15.9. The van der Waals surface area contributed by atoms with Crippen molar-refractivity contribution in [2.45, 2.75) is 25.9 Å². The Hall–Kier alpha value is -1.29. The van der Waals surface area contributed by atoms with Gasteiger partial charge in [-0.25, -0.2) is 4.98 Å². The van der Waals surface area contributed by atoms with Crippen molar-refractivity contribution < 1.29 is 4.74 Å². The average molecular weight is 548 g/mol. The molecular weight excluding hydrogens is 521 g/mol. The summed E-state index contributed by atoms with van der Waals surface area (Å²) in [5.74, 6) is 2.40. The lowest BCUT2D eigenvalue weighted by Gasteiger charge is -2.39. The van der Waals surface area contributed by atoms with Crippen molar-refractivity contribution in [1.29, 1.82) is 0 Å². The number of hydrogen-bond donors (Lipinski definition) is 1. The van der Waals surface area contributed by atoms with Crippen LogP contribution < -0.4 is 10.1 Å². The third-order valence-corrected chi connectivity index (χ3v) is 5.62. The van der Waals surface area contributed by atoms with E-state index in [1.807, 2.05) is 25.6 Å². The molecule has 0 spiro atoms. The van der Waals surface area contributed by atoms with Crippen molar-refractivity contribution in [1.82, 2.24) is 19.8 Å². The number of halogens is 2. The number of imidazole rings is 1. The van der Waals surface area contributed by atoms with E-state index in [2.05, 4.69) is 65.9 Å². The molecule has 3 rings (SSSR count). The van der Waals surface area contributed by atoms with Crippen molar-refractivity contribution in [3.8, 4) is 5.75 Å². The largest absolute Gasteiger partial charge is 0.496 e. The molecule has 1 aromatic carbocycles. The molecule has 0 amide bonds. The molecule has 0 saturated carbocycles. The van der Waals surface area contributed by atoms with E-state index in [0.717, 1.165) is 42.2 Å². The molecule has 1 aliphatic heterocycles. The van der Waals surface area contributed by atoms with Gasteiger partial charge < -0.3 is 19.5 Å². The minimum absolute atomic E-state index is 0. The summed E-state index contributed by atoms with van der Waals surface area (Å²) in [6.45, 7) is 4.98. The third-order valence-electron chi connectivity index (χ3n) is 5.00. The van der Waals surface area contributed by atoms with Crippen LogP contribution in [0, 0.1) is 5.92 Å². The molecule has 1 N–H and O–H groups in total. The van der Waals surface area contributed by atoms with Crippen molar-refractivity contribution >= 4 is 45.9 Å². The third kappa shape index (κ3) is 5.37. The Morgan fingerprint density at radius 3 is 2.89 bits per heavy atom. The predicted octanol–water partition coefficient (Wildman–Crippen LogP) is 3.93. The molecule has 2 unspecified atom stereocenters. The van der Waals surface area contributed by atoms with Crippen molar-refractivity contribution in [3.05, 3.63) is 47.0 Å². The van der Waals surface area contributed by atoms with Gasteiger partial charge >= 0.3 is 0 Å². The summed E-state index contributed by atoms with van der Waals surface area (Å²) in [6.07, 6.45) is 6.95. The number of nitrogens with one attached hydrogen (secondary N) is 1. The molecule has 0 aliphatic carbocycles. The smallest absolute Gasteiger partial charge is 0.193 e. The van der Waals surface area contributed by atoms with Gasteiger partial charge in [0, 0.05) is 39.1 Å². The van der Waals surface area contributed by atoms with Gasteiger partial charge in [-0.15, -0.1) is 24.0 Å². The molecule has 1 aromatic heterocycles. The lowest BCUT2D eigenvalue weighted by atomic mass is 9.93. The lowest BCUT2D eigenvalue weighted by Crippen LogP contribution is -2.48. The number of guanidine groups is 1. The molecule has 1 fully saturated rings. The number of methoxy groups -OCH3 is 1. The first-order chi connectivity index (χ1) is 12.6. The van der Waals surface area contributed by atoms with Crippen molar-refractivity contribution in [3.63, 3.8) is 0 Å². The molecule has 2 aromatic rings. The van der Waals surface area contributed by atoms with Gasteiger partial charge in [0.05, 0.1) is 24.0 Å². The van der Waals surface area contributed by atoms with E-state index >= 15 is 0 Å². The number of benzene rings is 1. The summed E-state index contributed by atoms with van der Waals surface area (Å²) in [5.41, 5.74) is 1.18. The zero-order chi connectivity index (χ0) is 18.5. The monoisotopic (exact) mass is 547 g/mol. The summed E-state index contributed by atoms with van der Waals surface area (Å²) in [4.78, 5) is 11.0. The second-order valence-corrected chi connectivity index (χ2v) is 7.51. The highest BCUT2D eigenvalue weighted by atomic mass is 127. The summed E-state index contributed by atoms with van der Waals surface area (Å²) >= 11 is 3.54. The van der Waals surface area contributed by atoms with Crippen LogP contribution in [0.4, 0.5) is 0 Å². The number of likely N-dealkylation sites (tertiary alicyclic amines) is 1. The van der Waals surface area contributed by atoms with Crippen LogP contribution in [0.2, 0.25) is 0 Å². The van der Waals surface area contributed by atoms with Crippen LogP contribution >= 0.6 is 39.9 Å². The number of nitrogens with zero attached hydrogens (tertiary/aromatic N) is 4. The molecular formula is C19H27BrIN5O. The Balaban J connectivity index is 0.00000261. The number of aliphatic imine (C=N–C) groups is 1. The fourth-order valence-corrected chi connectivity index (χ4v) is 4.02. The van der Waals surface area contributed by atoms with Crippen LogP contribution in [0.3, 0.4) is 0 Å². The van der Waals surface area contributed by atoms with E-state index in [4.69, 9.17) is 4.74 Å². The molecule has 6 nitrogen and oxygen atoms in total. The highest BCUT2D eigenvalue weighted by molar-refractivity contribution is 14.0. The molecule has 8 heteroatoms. The average Bonchev–Trinajstić information content (AvgIpc) is 3.18. The van der Waals surface area contributed by atoms with E-state index in [0.29, 0.717) is 12.0 Å². The number of hydrogen-bond acceptors (Lipinski definition) is 3. The lowest BCUT2D eigenvalue weighted by molar-refractivity contribution is 0.189. The highest BCUT2D eigenvalue weighted by Gasteiger charge is 2.28. The first kappa shape index (κ1) is 22.0. The first-order valence-electron chi connectivity index (χ1n) is 8.87. The van der Waals surface area contributed by atoms with Crippen molar-refractivity contribution in [2.75, 3.05) is 27.2 Å². The van der Waals surface area contributed by atoms with E-state index < -0.39 is 0 Å². The van der Waals surface area contributed by atoms with Gasteiger partial charge in [-0.2, -0.15) is 0 Å². The minimum Gasteiger partial charge on any atom is -0.496 e. The fraction of sp³-hybridized carbons (Fsp3) is 0.474. The Kier molecular flexibility index (Phi) is 8.40. The van der Waals surface area contributed by atoms with Crippen LogP contribution in [0.25, 0.3) is 0 Å². The number of piperidine rings is 1. The van der Waals surface area contributed by atoms with Crippen molar-refractivity contribution in [2.24, 2.45) is 10.9 Å². The van der Waals surface area contributed by atoms with Gasteiger partial charge in [0.1, 0.15) is 5.75 Å². The second kappa shape index (κ2) is 10.3. The molecule has 1 saturated heterocycles. The Morgan fingerprint density at radius 2 is 2.26 bits per heavy atom. The topological polar surface area (TPSA) is 54.7 Å². The van der Waals surface area contributed by atoms with Crippen LogP contribution in [0.1, 0.15) is 24.9 Å². The zero-order valence-corrected chi connectivity index (χ0v) is 19.8. The number of ether oxygens (including phenoxy) is 1. The molecule has 1 aliphatic rings. The Morgan fingerprint density at radius 1 is 1.44 bits per heavy atom. The van der Waals surface area contributed by atoms with E-state index in [1.165, 1.54) is 5.56 Å². The number of rotatable bonds is 4. The molecule has 148 valence electrons. The SMILES string of the molecule is CN=C(NCc1ccc(OC)c(Br)c1)N1CCC(C)C(n2ccnc2)C1.I. The minimum atomic E-state index is 0. The highest BCUT2D eigenvalue weighted by Crippen LogP contribution is 2.28. The maximum absolute atomic E-state index is 5.29. The standard InChI is InChI=1S/C19H26BrN5O.HI/c1-14-6-8-24(12-17(14)25-9-7-22-13-25)19(21-2)23-11-15-4-5-18(26-3)16(20)10-15;/h4-5,7,9-10,13-14,17H,6,8,11-12H2,1-3H3,(H,21,23);1H. The maximum Gasteiger partial charge on any atom is 0.193 e. The second-order valence-electron chi connectivity index (χ2n) is 6.66. The van der Waals surface area contributed by atoms with E-state index in [9.17, 15) is 0 Å². The quantitative estimate of drug-likeness (QED) is 0.358. The number of aromatic nitrogens is 2. The molecule has 27 heavy (non-hydrogen) atoms. The predicted molar refractivity (Wildman–Crippen MR) is 123 cm³/mol. The fourth-order valence-electron chi connectivity index (χ4n) is 3.43. The maximum atomic E-state index is 5.29. The van der Waals surface area contributed by atoms with Crippen LogP contribution in [-0.2, 0) is 6.54 Å². The summed E-state index contributed by atoms with van der Waals surface area (Å²) in [6, 6.07) is 6.53. The normalized spacial score (nSPS) is 20.1. The van der Waals surface area contributed by atoms with Gasteiger partial charge in [-0.05, 0) is 46.0 Å². The van der Waals surface area contributed by atoms with Gasteiger partial charge in [-0.1, -0.05) is 13.0 Å². The van der Waals surface area contributed by atoms with Crippen LogP contribution in [-0.4, -0.2) is 47.7 Å². The van der Waals surface area contributed by atoms with Gasteiger partial charge in [0.25, 0.3) is 0 Å². The first-order valence-corrected chi connectivity index (χ1v) is 9.67. The van der Waals surface area contributed by atoms with Gasteiger partial charge in [-0.3, -0.25) is 4.99 Å².